The van der Waals surface area contributed by atoms with Crippen LogP contribution in [0.4, 0.5) is 0 Å². The van der Waals surface area contributed by atoms with Crippen LogP contribution in [0.2, 0.25) is 0 Å². The standard InChI is InChI=1S/C19H39NO/c1-4-6-7-8-9-10-11-12-13-14-15-20-16-18(3)21-19(5-2)17-20/h18-19H,4-17H2,1-3H3. The lowest BCUT2D eigenvalue weighted by Gasteiger charge is -2.36. The van der Waals surface area contributed by atoms with E-state index in [0.717, 1.165) is 19.5 Å². The zero-order valence-electron chi connectivity index (χ0n) is 14.9. The Morgan fingerprint density at radius 1 is 0.810 bits per heavy atom. The second-order valence-corrected chi connectivity index (χ2v) is 6.92. The van der Waals surface area contributed by atoms with Gasteiger partial charge in [0.1, 0.15) is 0 Å². The molecule has 0 aromatic heterocycles. The van der Waals surface area contributed by atoms with Crippen molar-refractivity contribution in [3.05, 3.63) is 0 Å². The fourth-order valence-electron chi connectivity index (χ4n) is 3.37. The van der Waals surface area contributed by atoms with Crippen LogP contribution in [0.15, 0.2) is 0 Å². The van der Waals surface area contributed by atoms with E-state index in [0.29, 0.717) is 12.2 Å². The van der Waals surface area contributed by atoms with E-state index in [2.05, 4.69) is 25.7 Å². The number of unbranched alkanes of at least 4 members (excludes halogenated alkanes) is 9. The van der Waals surface area contributed by atoms with Gasteiger partial charge in [-0.1, -0.05) is 71.6 Å². The number of hydrogen-bond donors (Lipinski definition) is 0. The summed E-state index contributed by atoms with van der Waals surface area (Å²) < 4.78 is 5.92. The van der Waals surface area contributed by atoms with Gasteiger partial charge in [-0.2, -0.15) is 0 Å². The van der Waals surface area contributed by atoms with E-state index < -0.39 is 0 Å². The Balaban J connectivity index is 1.89. The molecule has 2 heteroatoms. The van der Waals surface area contributed by atoms with E-state index in [1.54, 1.807) is 0 Å². The third-order valence-electron chi connectivity index (χ3n) is 4.69. The second-order valence-electron chi connectivity index (χ2n) is 6.92. The van der Waals surface area contributed by atoms with Crippen LogP contribution in [0.5, 0.6) is 0 Å². The number of nitrogens with zero attached hydrogens (tertiary/aromatic N) is 1. The molecule has 21 heavy (non-hydrogen) atoms. The summed E-state index contributed by atoms with van der Waals surface area (Å²) in [6, 6.07) is 0. The van der Waals surface area contributed by atoms with Gasteiger partial charge in [-0.25, -0.2) is 0 Å². The number of ether oxygens (including phenoxy) is 1. The van der Waals surface area contributed by atoms with Gasteiger partial charge in [-0.15, -0.1) is 0 Å². The SMILES string of the molecule is CCCCCCCCCCCCN1CC(C)OC(CC)C1. The maximum atomic E-state index is 5.92. The van der Waals surface area contributed by atoms with Gasteiger partial charge in [0.05, 0.1) is 12.2 Å². The first-order valence-corrected chi connectivity index (χ1v) is 9.64. The third-order valence-corrected chi connectivity index (χ3v) is 4.69. The first-order chi connectivity index (χ1) is 10.3. The summed E-state index contributed by atoms with van der Waals surface area (Å²) in [6.07, 6.45) is 16.3. The monoisotopic (exact) mass is 297 g/mol. The van der Waals surface area contributed by atoms with Gasteiger partial charge >= 0.3 is 0 Å². The van der Waals surface area contributed by atoms with E-state index in [4.69, 9.17) is 4.74 Å². The molecule has 126 valence electrons. The lowest BCUT2D eigenvalue weighted by Crippen LogP contribution is -2.46. The fraction of sp³-hybridized carbons (Fsp3) is 1.00. The molecule has 2 nitrogen and oxygen atoms in total. The predicted octanol–water partition coefficient (Wildman–Crippen LogP) is 5.41. The van der Waals surface area contributed by atoms with Crippen molar-refractivity contribution in [1.82, 2.24) is 4.90 Å². The fourth-order valence-corrected chi connectivity index (χ4v) is 3.37. The van der Waals surface area contributed by atoms with Crippen molar-refractivity contribution < 1.29 is 4.74 Å². The van der Waals surface area contributed by atoms with Crippen molar-refractivity contribution in [2.75, 3.05) is 19.6 Å². The molecule has 1 aliphatic rings. The second kappa shape index (κ2) is 12.5. The average molecular weight is 298 g/mol. The van der Waals surface area contributed by atoms with Crippen molar-refractivity contribution in [2.45, 2.75) is 104 Å². The Labute approximate surface area is 133 Å². The summed E-state index contributed by atoms with van der Waals surface area (Å²) in [4.78, 5) is 2.62. The van der Waals surface area contributed by atoms with Crippen LogP contribution in [-0.2, 0) is 4.74 Å². The summed E-state index contributed by atoms with van der Waals surface area (Å²) in [5.74, 6) is 0. The Morgan fingerprint density at radius 3 is 1.95 bits per heavy atom. The average Bonchev–Trinajstić information content (AvgIpc) is 2.48. The highest BCUT2D eigenvalue weighted by atomic mass is 16.5. The van der Waals surface area contributed by atoms with Crippen LogP contribution in [0, 0.1) is 0 Å². The lowest BCUT2D eigenvalue weighted by atomic mass is 10.1. The predicted molar refractivity (Wildman–Crippen MR) is 92.9 cm³/mol. The van der Waals surface area contributed by atoms with Crippen molar-refractivity contribution in [3.63, 3.8) is 0 Å². The number of hydrogen-bond acceptors (Lipinski definition) is 2. The summed E-state index contributed by atoms with van der Waals surface area (Å²) in [7, 11) is 0. The minimum Gasteiger partial charge on any atom is -0.373 e. The lowest BCUT2D eigenvalue weighted by molar-refractivity contribution is -0.0778. The molecule has 2 atom stereocenters. The molecular formula is C19H39NO. The Hall–Kier alpha value is -0.0800. The molecule has 0 spiro atoms. The van der Waals surface area contributed by atoms with E-state index in [1.165, 1.54) is 70.8 Å². The maximum absolute atomic E-state index is 5.92. The Bertz CT molecular complexity index is 232. The summed E-state index contributed by atoms with van der Waals surface area (Å²) in [5.41, 5.74) is 0. The van der Waals surface area contributed by atoms with Gasteiger partial charge in [-0.05, 0) is 26.3 Å². The quantitative estimate of drug-likeness (QED) is 0.447. The van der Waals surface area contributed by atoms with E-state index in [9.17, 15) is 0 Å². The zero-order chi connectivity index (χ0) is 15.3. The molecule has 1 heterocycles. The van der Waals surface area contributed by atoms with Gasteiger partial charge in [0, 0.05) is 13.1 Å². The van der Waals surface area contributed by atoms with Crippen LogP contribution in [-0.4, -0.2) is 36.7 Å². The molecule has 0 aliphatic carbocycles. The minimum atomic E-state index is 0.423. The highest BCUT2D eigenvalue weighted by Crippen LogP contribution is 2.15. The van der Waals surface area contributed by atoms with Crippen molar-refractivity contribution in [1.29, 1.82) is 0 Å². The Morgan fingerprint density at radius 2 is 1.38 bits per heavy atom. The first-order valence-electron chi connectivity index (χ1n) is 9.64. The van der Waals surface area contributed by atoms with Crippen LogP contribution in [0.3, 0.4) is 0 Å². The number of rotatable bonds is 12. The molecule has 0 saturated carbocycles. The van der Waals surface area contributed by atoms with E-state index in [-0.39, 0.29) is 0 Å². The van der Waals surface area contributed by atoms with Gasteiger partial charge in [-0.3, -0.25) is 4.90 Å². The van der Waals surface area contributed by atoms with Crippen LogP contribution >= 0.6 is 0 Å². The van der Waals surface area contributed by atoms with E-state index >= 15 is 0 Å². The van der Waals surface area contributed by atoms with Crippen LogP contribution in [0.1, 0.15) is 91.4 Å². The molecule has 1 saturated heterocycles. The number of morpholine rings is 1. The topological polar surface area (TPSA) is 12.5 Å². The van der Waals surface area contributed by atoms with Gasteiger partial charge in [0.15, 0.2) is 0 Å². The molecule has 0 radical (unpaired) electrons. The van der Waals surface area contributed by atoms with Crippen molar-refractivity contribution in [2.24, 2.45) is 0 Å². The molecule has 0 aromatic rings. The smallest absolute Gasteiger partial charge is 0.0703 e. The molecule has 0 amide bonds. The van der Waals surface area contributed by atoms with Gasteiger partial charge in [0.25, 0.3) is 0 Å². The first kappa shape index (κ1) is 19.0. The highest BCUT2D eigenvalue weighted by Gasteiger charge is 2.23. The molecule has 2 unspecified atom stereocenters. The highest BCUT2D eigenvalue weighted by molar-refractivity contribution is 4.74. The molecule has 1 rings (SSSR count). The van der Waals surface area contributed by atoms with Gasteiger partial charge in [0.2, 0.25) is 0 Å². The Kier molecular flexibility index (Phi) is 11.3. The molecule has 0 bridgehead atoms. The van der Waals surface area contributed by atoms with E-state index in [1.807, 2.05) is 0 Å². The van der Waals surface area contributed by atoms with Crippen LogP contribution < -0.4 is 0 Å². The molecule has 1 fully saturated rings. The molecule has 0 N–H and O–H groups in total. The largest absolute Gasteiger partial charge is 0.373 e. The maximum Gasteiger partial charge on any atom is 0.0703 e. The minimum absolute atomic E-state index is 0.423. The normalized spacial score (nSPS) is 23.6. The summed E-state index contributed by atoms with van der Waals surface area (Å²) >= 11 is 0. The molecule has 1 aliphatic heterocycles. The summed E-state index contributed by atoms with van der Waals surface area (Å²) in [6.45, 7) is 10.3. The zero-order valence-corrected chi connectivity index (χ0v) is 14.9. The molecular weight excluding hydrogens is 258 g/mol. The van der Waals surface area contributed by atoms with Crippen molar-refractivity contribution >= 4 is 0 Å². The molecule has 0 aromatic carbocycles. The van der Waals surface area contributed by atoms with Crippen LogP contribution in [0.25, 0.3) is 0 Å². The summed E-state index contributed by atoms with van der Waals surface area (Å²) in [5, 5.41) is 0. The third kappa shape index (κ3) is 9.52. The van der Waals surface area contributed by atoms with Crippen molar-refractivity contribution in [3.8, 4) is 0 Å². The van der Waals surface area contributed by atoms with Gasteiger partial charge < -0.3 is 4.74 Å².